The minimum absolute atomic E-state index is 0.145. The predicted octanol–water partition coefficient (Wildman–Crippen LogP) is 3.32. The minimum Gasteiger partial charge on any atom is -0.444 e. The average Bonchev–Trinajstić information content (AvgIpc) is 3.17. The van der Waals surface area contributed by atoms with Gasteiger partial charge in [0.25, 0.3) is 0 Å². The van der Waals surface area contributed by atoms with Crippen LogP contribution in [0.15, 0.2) is 12.1 Å². The fourth-order valence-corrected chi connectivity index (χ4v) is 3.78. The van der Waals surface area contributed by atoms with Gasteiger partial charge in [-0.2, -0.15) is 0 Å². The van der Waals surface area contributed by atoms with Crippen LogP contribution >= 0.6 is 0 Å². The minimum atomic E-state index is -0.525. The normalized spacial score (nSPS) is 19.0. The second-order valence-corrected chi connectivity index (χ2v) is 9.49. The molecule has 1 fully saturated rings. The highest BCUT2D eigenvalue weighted by Crippen LogP contribution is 2.31. The molecule has 1 atom stereocenters. The van der Waals surface area contributed by atoms with Crippen molar-refractivity contribution in [2.45, 2.75) is 58.2 Å². The summed E-state index contributed by atoms with van der Waals surface area (Å²) in [6, 6.07) is 4.18. The number of nitrogens with zero attached hydrogens (tertiary/aromatic N) is 2. The summed E-state index contributed by atoms with van der Waals surface area (Å²) < 4.78 is 11.1. The van der Waals surface area contributed by atoms with Gasteiger partial charge >= 0.3 is 6.09 Å². The molecule has 3 rings (SSSR count). The smallest absolute Gasteiger partial charge is 0.410 e. The molecule has 0 saturated carbocycles. The molecule has 2 aliphatic rings. The maximum absolute atomic E-state index is 12.8. The highest BCUT2D eigenvalue weighted by molar-refractivity contribution is 5.97. The predicted molar refractivity (Wildman–Crippen MR) is 117 cm³/mol. The van der Waals surface area contributed by atoms with Crippen LogP contribution in [0.2, 0.25) is 0 Å². The van der Waals surface area contributed by atoms with E-state index in [1.165, 1.54) is 0 Å². The van der Waals surface area contributed by atoms with E-state index in [-0.39, 0.29) is 17.9 Å². The molecular formula is C23H35N3O4. The molecule has 0 bridgehead atoms. The van der Waals surface area contributed by atoms with Gasteiger partial charge < -0.3 is 24.6 Å². The number of carbonyl (C=O) groups excluding carboxylic acids is 2. The topological polar surface area (TPSA) is 71.1 Å². The van der Waals surface area contributed by atoms with Gasteiger partial charge in [-0.25, -0.2) is 4.79 Å². The van der Waals surface area contributed by atoms with Crippen molar-refractivity contribution >= 4 is 17.6 Å². The number of ether oxygens (including phenoxy) is 2. The van der Waals surface area contributed by atoms with E-state index in [1.807, 2.05) is 51.9 Å². The SMILES string of the molecule is CN(C)CCC(=O)c1cc2c(c(N[C@@H]3CCOC3)c1)CN(C(=O)OC(C)(C)C)CC2. The molecule has 1 saturated heterocycles. The Kier molecular flexibility index (Phi) is 7.03. The van der Waals surface area contributed by atoms with Crippen molar-refractivity contribution in [1.82, 2.24) is 9.80 Å². The lowest BCUT2D eigenvalue weighted by Gasteiger charge is -2.33. The maximum atomic E-state index is 12.8. The van der Waals surface area contributed by atoms with Crippen LogP contribution in [0.1, 0.15) is 55.1 Å². The highest BCUT2D eigenvalue weighted by atomic mass is 16.6. The van der Waals surface area contributed by atoms with Crippen molar-refractivity contribution in [1.29, 1.82) is 0 Å². The summed E-state index contributed by atoms with van der Waals surface area (Å²) in [6.07, 6.45) is 1.83. The molecule has 2 aliphatic heterocycles. The van der Waals surface area contributed by atoms with Crippen LogP contribution in [0.3, 0.4) is 0 Å². The second-order valence-electron chi connectivity index (χ2n) is 9.49. The van der Waals surface area contributed by atoms with E-state index >= 15 is 0 Å². The lowest BCUT2D eigenvalue weighted by atomic mass is 9.93. The molecular weight excluding hydrogens is 382 g/mol. The van der Waals surface area contributed by atoms with Gasteiger partial charge in [-0.1, -0.05) is 0 Å². The summed E-state index contributed by atoms with van der Waals surface area (Å²) in [4.78, 5) is 29.2. The number of hydrogen-bond acceptors (Lipinski definition) is 6. The molecule has 1 amide bonds. The summed E-state index contributed by atoms with van der Waals surface area (Å²) in [7, 11) is 3.94. The number of ketones is 1. The van der Waals surface area contributed by atoms with Gasteiger partial charge in [-0.15, -0.1) is 0 Å². The van der Waals surface area contributed by atoms with Gasteiger partial charge in [-0.05, 0) is 71.0 Å². The van der Waals surface area contributed by atoms with Gasteiger partial charge in [0, 0.05) is 37.4 Å². The number of Topliss-reactive ketones (excluding diaryl/α,β-unsaturated/α-hetero) is 1. The van der Waals surface area contributed by atoms with Gasteiger partial charge in [0.2, 0.25) is 0 Å². The maximum Gasteiger partial charge on any atom is 0.410 e. The Morgan fingerprint density at radius 1 is 1.30 bits per heavy atom. The van der Waals surface area contributed by atoms with Crippen molar-refractivity contribution in [3.63, 3.8) is 0 Å². The van der Waals surface area contributed by atoms with Crippen LogP contribution < -0.4 is 5.32 Å². The summed E-state index contributed by atoms with van der Waals surface area (Å²) in [5.41, 5.74) is 3.35. The Bertz CT molecular complexity index is 779. The van der Waals surface area contributed by atoms with Crippen molar-refractivity contribution in [3.05, 3.63) is 28.8 Å². The summed E-state index contributed by atoms with van der Waals surface area (Å²) >= 11 is 0. The summed E-state index contributed by atoms with van der Waals surface area (Å²) in [5, 5.41) is 3.57. The number of amides is 1. The Morgan fingerprint density at radius 2 is 2.07 bits per heavy atom. The summed E-state index contributed by atoms with van der Waals surface area (Å²) in [6.45, 7) is 8.82. The number of nitrogens with one attached hydrogen (secondary N) is 1. The van der Waals surface area contributed by atoms with Crippen molar-refractivity contribution in [2.24, 2.45) is 0 Å². The van der Waals surface area contributed by atoms with E-state index in [9.17, 15) is 9.59 Å². The Labute approximate surface area is 179 Å². The molecule has 1 N–H and O–H groups in total. The first-order chi connectivity index (χ1) is 14.1. The lowest BCUT2D eigenvalue weighted by Crippen LogP contribution is -2.40. The van der Waals surface area contributed by atoms with Crippen LogP contribution in [0.4, 0.5) is 10.5 Å². The molecule has 1 aromatic carbocycles. The molecule has 1 aromatic rings. The molecule has 166 valence electrons. The molecule has 0 unspecified atom stereocenters. The zero-order valence-corrected chi connectivity index (χ0v) is 18.9. The number of hydrogen-bond donors (Lipinski definition) is 1. The monoisotopic (exact) mass is 417 g/mol. The number of carbonyl (C=O) groups is 2. The largest absolute Gasteiger partial charge is 0.444 e. The first kappa shape index (κ1) is 22.6. The third-order valence-electron chi connectivity index (χ3n) is 5.39. The Morgan fingerprint density at radius 3 is 2.70 bits per heavy atom. The highest BCUT2D eigenvalue weighted by Gasteiger charge is 2.29. The van der Waals surface area contributed by atoms with Gasteiger partial charge in [-0.3, -0.25) is 4.79 Å². The fourth-order valence-electron chi connectivity index (χ4n) is 3.78. The lowest BCUT2D eigenvalue weighted by molar-refractivity contribution is 0.0224. The zero-order chi connectivity index (χ0) is 21.9. The molecule has 0 aliphatic carbocycles. The van der Waals surface area contributed by atoms with Crippen LogP contribution in [0.5, 0.6) is 0 Å². The standard InChI is InChI=1S/C23H35N3O4/c1-23(2,3)30-22(28)26-10-6-16-12-17(21(27)7-9-25(4)5)13-20(19(16)14-26)24-18-8-11-29-15-18/h12-13,18,24H,6-11,14-15H2,1-5H3/t18-/m1/s1. The number of rotatable bonds is 6. The van der Waals surface area contributed by atoms with E-state index in [2.05, 4.69) is 5.32 Å². The third-order valence-corrected chi connectivity index (χ3v) is 5.39. The van der Waals surface area contributed by atoms with E-state index < -0.39 is 5.60 Å². The van der Waals surface area contributed by atoms with Crippen molar-refractivity contribution in [3.8, 4) is 0 Å². The number of anilines is 1. The molecule has 0 radical (unpaired) electrons. The van der Waals surface area contributed by atoms with Crippen LogP contribution in [0.25, 0.3) is 0 Å². The van der Waals surface area contributed by atoms with E-state index in [0.29, 0.717) is 32.5 Å². The van der Waals surface area contributed by atoms with E-state index in [4.69, 9.17) is 9.47 Å². The van der Waals surface area contributed by atoms with Gasteiger partial charge in [0.05, 0.1) is 19.2 Å². The molecule has 7 nitrogen and oxygen atoms in total. The molecule has 7 heteroatoms. The van der Waals surface area contributed by atoms with Crippen LogP contribution in [0, 0.1) is 0 Å². The fraction of sp³-hybridized carbons (Fsp3) is 0.652. The third kappa shape index (κ3) is 5.95. The molecule has 0 aromatic heterocycles. The van der Waals surface area contributed by atoms with Gasteiger partial charge in [0.1, 0.15) is 5.60 Å². The van der Waals surface area contributed by atoms with Gasteiger partial charge in [0.15, 0.2) is 5.78 Å². The van der Waals surface area contributed by atoms with E-state index in [0.717, 1.165) is 42.0 Å². The molecule has 30 heavy (non-hydrogen) atoms. The first-order valence-corrected chi connectivity index (χ1v) is 10.8. The number of fused-ring (bicyclic) bond motifs is 1. The van der Waals surface area contributed by atoms with Crippen molar-refractivity contribution < 1.29 is 19.1 Å². The zero-order valence-electron chi connectivity index (χ0n) is 18.9. The average molecular weight is 418 g/mol. The Balaban J connectivity index is 1.85. The summed E-state index contributed by atoms with van der Waals surface area (Å²) in [5.74, 6) is 0.145. The van der Waals surface area contributed by atoms with Crippen LogP contribution in [-0.2, 0) is 22.4 Å². The second kappa shape index (κ2) is 9.35. The Hall–Kier alpha value is -2.12. The first-order valence-electron chi connectivity index (χ1n) is 10.8. The number of benzene rings is 1. The van der Waals surface area contributed by atoms with E-state index in [1.54, 1.807) is 4.90 Å². The van der Waals surface area contributed by atoms with Crippen molar-refractivity contribution in [2.75, 3.05) is 45.7 Å². The van der Waals surface area contributed by atoms with Crippen LogP contribution in [-0.4, -0.2) is 73.7 Å². The quantitative estimate of drug-likeness (QED) is 0.716. The molecule has 2 heterocycles. The molecule has 0 spiro atoms.